The molecule has 0 amide bonds. The van der Waals surface area contributed by atoms with E-state index in [2.05, 4.69) is 11.3 Å². The molecule has 1 rings (SSSR count). The molecule has 0 unspecified atom stereocenters. The Bertz CT molecular complexity index is 325. The Balaban J connectivity index is 2.60. The van der Waals surface area contributed by atoms with Crippen LogP contribution < -0.4 is 0 Å². The predicted octanol–water partition coefficient (Wildman–Crippen LogP) is 2.33. The lowest BCUT2D eigenvalue weighted by Gasteiger charge is -2.00. The van der Waals surface area contributed by atoms with E-state index < -0.39 is 0 Å². The highest BCUT2D eigenvalue weighted by atomic mass is 32.1. The van der Waals surface area contributed by atoms with E-state index in [1.165, 1.54) is 12.0 Å². The first kappa shape index (κ1) is 9.99. The molecule has 0 saturated carbocycles. The summed E-state index contributed by atoms with van der Waals surface area (Å²) in [6, 6.07) is 4.04. The highest BCUT2D eigenvalue weighted by Gasteiger charge is 2.08. The lowest BCUT2D eigenvalue weighted by Crippen LogP contribution is -2.05. The fourth-order valence-electron chi connectivity index (χ4n) is 1.01. The van der Waals surface area contributed by atoms with Crippen LogP contribution in [0.5, 0.6) is 0 Å². The van der Waals surface area contributed by atoms with E-state index in [4.69, 9.17) is 0 Å². The Morgan fingerprint density at radius 3 is 2.77 bits per heavy atom. The van der Waals surface area contributed by atoms with Crippen molar-refractivity contribution in [2.45, 2.75) is 13.3 Å². The zero-order valence-corrected chi connectivity index (χ0v) is 8.61. The monoisotopic (exact) mass is 196 g/mol. The Morgan fingerprint density at radius 1 is 1.62 bits per heavy atom. The van der Waals surface area contributed by atoms with Gasteiger partial charge < -0.3 is 4.74 Å². The number of carbonyl (C=O) groups is 1. The topological polar surface area (TPSA) is 26.3 Å². The van der Waals surface area contributed by atoms with Crippen molar-refractivity contribution in [3.63, 3.8) is 0 Å². The summed E-state index contributed by atoms with van der Waals surface area (Å²) in [6.07, 6.45) is 0.588. The van der Waals surface area contributed by atoms with Gasteiger partial charge in [0.2, 0.25) is 0 Å². The summed E-state index contributed by atoms with van der Waals surface area (Å²) in [5.74, 6) is -0.328. The molecule has 0 radical (unpaired) electrons. The number of thiophene rings is 1. The van der Waals surface area contributed by atoms with Crippen molar-refractivity contribution in [2.24, 2.45) is 0 Å². The van der Waals surface area contributed by atoms with Gasteiger partial charge in [-0.15, -0.1) is 11.3 Å². The van der Waals surface area contributed by atoms with E-state index in [0.29, 0.717) is 12.0 Å². The molecule has 3 heteroatoms. The van der Waals surface area contributed by atoms with Crippen molar-refractivity contribution in [1.29, 1.82) is 0 Å². The van der Waals surface area contributed by atoms with Gasteiger partial charge in [-0.2, -0.15) is 0 Å². The van der Waals surface area contributed by atoms with E-state index in [1.807, 2.05) is 19.1 Å². The molecule has 0 aliphatic rings. The molecule has 0 aliphatic heterocycles. The number of esters is 1. The predicted molar refractivity (Wildman–Crippen MR) is 53.9 cm³/mol. The molecule has 0 saturated heterocycles. The van der Waals surface area contributed by atoms with E-state index in [1.54, 1.807) is 11.3 Å². The SMILES string of the molecule is C=C(Cc1ccc(C)s1)C(=O)OC. The molecule has 0 bridgehead atoms. The summed E-state index contributed by atoms with van der Waals surface area (Å²) >= 11 is 1.68. The first-order chi connectivity index (χ1) is 6.13. The van der Waals surface area contributed by atoms with Crippen molar-refractivity contribution in [3.05, 3.63) is 34.0 Å². The van der Waals surface area contributed by atoms with Crippen LogP contribution in [0.2, 0.25) is 0 Å². The molecule has 0 spiro atoms. The van der Waals surface area contributed by atoms with Crippen LogP contribution in [0, 0.1) is 6.92 Å². The smallest absolute Gasteiger partial charge is 0.333 e. The second-order valence-electron chi connectivity index (χ2n) is 2.78. The van der Waals surface area contributed by atoms with E-state index >= 15 is 0 Å². The van der Waals surface area contributed by atoms with Crippen LogP contribution in [-0.4, -0.2) is 13.1 Å². The summed E-state index contributed by atoms with van der Waals surface area (Å²) in [5.41, 5.74) is 0.504. The highest BCUT2D eigenvalue weighted by molar-refractivity contribution is 7.11. The first-order valence-corrected chi connectivity index (χ1v) is 4.76. The van der Waals surface area contributed by atoms with E-state index in [0.717, 1.165) is 4.88 Å². The zero-order chi connectivity index (χ0) is 9.84. The average Bonchev–Trinajstić information content (AvgIpc) is 2.49. The number of hydrogen-bond acceptors (Lipinski definition) is 3. The van der Waals surface area contributed by atoms with Crippen molar-refractivity contribution >= 4 is 17.3 Å². The summed E-state index contributed by atoms with van der Waals surface area (Å²) in [4.78, 5) is 13.4. The molecular weight excluding hydrogens is 184 g/mol. The van der Waals surface area contributed by atoms with Crippen LogP contribution in [0.15, 0.2) is 24.3 Å². The molecule has 70 valence electrons. The molecular formula is C10H12O2S. The molecule has 0 N–H and O–H groups in total. The maximum atomic E-state index is 11.0. The summed E-state index contributed by atoms with van der Waals surface area (Å²) < 4.78 is 4.56. The first-order valence-electron chi connectivity index (χ1n) is 3.95. The third kappa shape index (κ3) is 2.70. The van der Waals surface area contributed by atoms with Crippen molar-refractivity contribution in [2.75, 3.05) is 7.11 Å². The summed E-state index contributed by atoms with van der Waals surface area (Å²) in [5, 5.41) is 0. The molecule has 2 nitrogen and oxygen atoms in total. The van der Waals surface area contributed by atoms with Gasteiger partial charge in [-0.3, -0.25) is 0 Å². The third-order valence-electron chi connectivity index (χ3n) is 1.66. The van der Waals surface area contributed by atoms with E-state index in [-0.39, 0.29) is 5.97 Å². The lowest BCUT2D eigenvalue weighted by atomic mass is 10.2. The third-order valence-corrected chi connectivity index (χ3v) is 2.66. The van der Waals surface area contributed by atoms with Crippen molar-refractivity contribution in [3.8, 4) is 0 Å². The van der Waals surface area contributed by atoms with Gasteiger partial charge in [0.1, 0.15) is 0 Å². The molecule has 1 heterocycles. The van der Waals surface area contributed by atoms with Gasteiger partial charge in [0.25, 0.3) is 0 Å². The fourth-order valence-corrected chi connectivity index (χ4v) is 1.94. The van der Waals surface area contributed by atoms with Crippen LogP contribution in [0.3, 0.4) is 0 Å². The summed E-state index contributed by atoms with van der Waals surface area (Å²) in [6.45, 7) is 5.70. The normalized spacial score (nSPS) is 9.69. The minimum absolute atomic E-state index is 0.328. The Morgan fingerprint density at radius 2 is 2.31 bits per heavy atom. The highest BCUT2D eigenvalue weighted by Crippen LogP contribution is 2.18. The van der Waals surface area contributed by atoms with Crippen LogP contribution in [0.1, 0.15) is 9.75 Å². The molecule has 0 atom stereocenters. The van der Waals surface area contributed by atoms with Gasteiger partial charge >= 0.3 is 5.97 Å². The quantitative estimate of drug-likeness (QED) is 0.548. The fraction of sp³-hybridized carbons (Fsp3) is 0.300. The van der Waals surface area contributed by atoms with Crippen LogP contribution >= 0.6 is 11.3 Å². The molecule has 1 aromatic rings. The minimum Gasteiger partial charge on any atom is -0.466 e. The summed E-state index contributed by atoms with van der Waals surface area (Å²) in [7, 11) is 1.37. The van der Waals surface area contributed by atoms with Gasteiger partial charge in [-0.25, -0.2) is 4.79 Å². The number of methoxy groups -OCH3 is 1. The van der Waals surface area contributed by atoms with Gasteiger partial charge in [-0.05, 0) is 19.1 Å². The molecule has 0 fully saturated rings. The number of carbonyl (C=O) groups excluding carboxylic acids is 1. The number of hydrogen-bond donors (Lipinski definition) is 0. The minimum atomic E-state index is -0.328. The van der Waals surface area contributed by atoms with Gasteiger partial charge in [0, 0.05) is 21.7 Å². The molecule has 0 aliphatic carbocycles. The van der Waals surface area contributed by atoms with Crippen molar-refractivity contribution in [1.82, 2.24) is 0 Å². The lowest BCUT2D eigenvalue weighted by molar-refractivity contribution is -0.136. The largest absolute Gasteiger partial charge is 0.466 e. The standard InChI is InChI=1S/C10H12O2S/c1-7(10(11)12-3)6-9-5-4-8(2)13-9/h4-5H,1,6H2,2-3H3. The maximum Gasteiger partial charge on any atom is 0.333 e. The van der Waals surface area contributed by atoms with Gasteiger partial charge in [-0.1, -0.05) is 6.58 Å². The van der Waals surface area contributed by atoms with Gasteiger partial charge in [0.05, 0.1) is 7.11 Å². The Labute approximate surface area is 81.8 Å². The second-order valence-corrected chi connectivity index (χ2v) is 4.16. The number of ether oxygens (including phenoxy) is 1. The molecule has 0 aromatic carbocycles. The number of aryl methyl sites for hydroxylation is 1. The molecule has 13 heavy (non-hydrogen) atoms. The second kappa shape index (κ2) is 4.23. The van der Waals surface area contributed by atoms with Crippen molar-refractivity contribution < 1.29 is 9.53 Å². The van der Waals surface area contributed by atoms with E-state index in [9.17, 15) is 4.79 Å². The maximum absolute atomic E-state index is 11.0. The number of rotatable bonds is 3. The average molecular weight is 196 g/mol. The van der Waals surface area contributed by atoms with Crippen LogP contribution in [0.4, 0.5) is 0 Å². The van der Waals surface area contributed by atoms with Crippen LogP contribution in [0.25, 0.3) is 0 Å². The molecule has 1 aromatic heterocycles. The Kier molecular flexibility index (Phi) is 3.25. The Hall–Kier alpha value is -1.09. The van der Waals surface area contributed by atoms with Crippen LogP contribution in [-0.2, 0) is 16.0 Å². The van der Waals surface area contributed by atoms with Gasteiger partial charge in [0.15, 0.2) is 0 Å². The zero-order valence-electron chi connectivity index (χ0n) is 7.79.